The zero-order chi connectivity index (χ0) is 13.8. The summed E-state index contributed by atoms with van der Waals surface area (Å²) in [5.41, 5.74) is 1.02. The first-order valence-electron chi connectivity index (χ1n) is 5.37. The molecule has 1 aromatic carbocycles. The third-order valence-electron chi connectivity index (χ3n) is 2.40. The number of benzene rings is 1. The Bertz CT molecular complexity index is 617. The number of ether oxygens (including phenoxy) is 1. The second-order valence-electron chi connectivity index (χ2n) is 3.65. The fourth-order valence-corrected chi connectivity index (χ4v) is 1.79. The van der Waals surface area contributed by atoms with Crippen LogP contribution in [0.4, 0.5) is 11.5 Å². The number of anilines is 2. The van der Waals surface area contributed by atoms with Gasteiger partial charge in [-0.05, 0) is 30.3 Å². The van der Waals surface area contributed by atoms with Crippen molar-refractivity contribution in [2.24, 2.45) is 0 Å². The standard InChI is InChI=1S/C13H10Cl2N2O2/c1-19-13(18)9-3-2-6-16-12(9)17-8-4-5-10(14)11(15)7-8/h2-7H,1H3,(H,16,17). The molecular formula is C13H10Cl2N2O2. The summed E-state index contributed by atoms with van der Waals surface area (Å²) in [4.78, 5) is 15.7. The predicted octanol–water partition coefficient (Wildman–Crippen LogP) is 3.92. The Morgan fingerprint density at radius 1 is 1.26 bits per heavy atom. The van der Waals surface area contributed by atoms with Crippen molar-refractivity contribution >= 4 is 40.7 Å². The molecule has 0 saturated carbocycles. The Balaban J connectivity index is 2.32. The zero-order valence-corrected chi connectivity index (χ0v) is 11.5. The molecule has 1 N–H and O–H groups in total. The number of carbonyl (C=O) groups is 1. The average molecular weight is 297 g/mol. The summed E-state index contributed by atoms with van der Waals surface area (Å²) in [6.45, 7) is 0. The Morgan fingerprint density at radius 2 is 2.05 bits per heavy atom. The number of esters is 1. The van der Waals surface area contributed by atoms with Crippen molar-refractivity contribution in [3.63, 3.8) is 0 Å². The van der Waals surface area contributed by atoms with Crippen molar-refractivity contribution in [3.05, 3.63) is 52.1 Å². The van der Waals surface area contributed by atoms with Crippen molar-refractivity contribution in [2.75, 3.05) is 12.4 Å². The van der Waals surface area contributed by atoms with Crippen molar-refractivity contribution in [1.82, 2.24) is 4.98 Å². The maximum Gasteiger partial charge on any atom is 0.341 e. The van der Waals surface area contributed by atoms with Crippen LogP contribution in [0.5, 0.6) is 0 Å². The summed E-state index contributed by atoms with van der Waals surface area (Å²) in [7, 11) is 1.32. The van der Waals surface area contributed by atoms with Crippen LogP contribution < -0.4 is 5.32 Å². The molecule has 6 heteroatoms. The van der Waals surface area contributed by atoms with Gasteiger partial charge in [0, 0.05) is 11.9 Å². The molecule has 0 bridgehead atoms. The molecule has 1 aromatic heterocycles. The van der Waals surface area contributed by atoms with Crippen LogP contribution in [0, 0.1) is 0 Å². The number of hydrogen-bond acceptors (Lipinski definition) is 4. The van der Waals surface area contributed by atoms with Gasteiger partial charge >= 0.3 is 5.97 Å². The first-order chi connectivity index (χ1) is 9.11. The lowest BCUT2D eigenvalue weighted by atomic mass is 10.2. The summed E-state index contributed by atoms with van der Waals surface area (Å²) < 4.78 is 4.69. The quantitative estimate of drug-likeness (QED) is 0.872. The molecule has 0 radical (unpaired) electrons. The maximum atomic E-state index is 11.6. The van der Waals surface area contributed by atoms with Gasteiger partial charge in [-0.25, -0.2) is 9.78 Å². The molecule has 98 valence electrons. The molecule has 1 heterocycles. The van der Waals surface area contributed by atoms with E-state index in [-0.39, 0.29) is 0 Å². The third kappa shape index (κ3) is 3.16. The van der Waals surface area contributed by atoms with Crippen LogP contribution in [0.1, 0.15) is 10.4 Å². The van der Waals surface area contributed by atoms with Crippen LogP contribution in [-0.2, 0) is 4.74 Å². The molecule has 0 saturated heterocycles. The van der Waals surface area contributed by atoms with Crippen LogP contribution in [0.2, 0.25) is 10.0 Å². The zero-order valence-electron chi connectivity index (χ0n) is 9.98. The number of methoxy groups -OCH3 is 1. The van der Waals surface area contributed by atoms with Gasteiger partial charge in [0.1, 0.15) is 11.4 Å². The molecule has 0 fully saturated rings. The van der Waals surface area contributed by atoms with Crippen molar-refractivity contribution < 1.29 is 9.53 Å². The van der Waals surface area contributed by atoms with Crippen LogP contribution in [-0.4, -0.2) is 18.1 Å². The van der Waals surface area contributed by atoms with E-state index < -0.39 is 5.97 Å². The van der Waals surface area contributed by atoms with Gasteiger partial charge in [-0.3, -0.25) is 0 Å². The van der Waals surface area contributed by atoms with E-state index in [1.165, 1.54) is 7.11 Å². The molecular weight excluding hydrogens is 287 g/mol. The van der Waals surface area contributed by atoms with E-state index in [1.54, 1.807) is 36.5 Å². The lowest BCUT2D eigenvalue weighted by Gasteiger charge is -2.10. The molecule has 2 aromatic rings. The minimum Gasteiger partial charge on any atom is -0.465 e. The Labute approximate surface area is 120 Å². The lowest BCUT2D eigenvalue weighted by Crippen LogP contribution is -2.07. The molecule has 0 aliphatic rings. The number of nitrogens with one attached hydrogen (secondary N) is 1. The van der Waals surface area contributed by atoms with Crippen LogP contribution >= 0.6 is 23.2 Å². The number of halogens is 2. The van der Waals surface area contributed by atoms with Gasteiger partial charge in [-0.2, -0.15) is 0 Å². The Hall–Kier alpha value is -1.78. The summed E-state index contributed by atoms with van der Waals surface area (Å²) in [6, 6.07) is 8.33. The molecule has 0 atom stereocenters. The highest BCUT2D eigenvalue weighted by Crippen LogP contribution is 2.27. The first-order valence-corrected chi connectivity index (χ1v) is 6.13. The highest BCUT2D eigenvalue weighted by atomic mass is 35.5. The highest BCUT2D eigenvalue weighted by Gasteiger charge is 2.12. The van der Waals surface area contributed by atoms with E-state index in [1.807, 2.05) is 0 Å². The van der Waals surface area contributed by atoms with Gasteiger partial charge in [-0.1, -0.05) is 23.2 Å². The number of rotatable bonds is 3. The van der Waals surface area contributed by atoms with Crippen LogP contribution in [0.3, 0.4) is 0 Å². The minimum atomic E-state index is -0.462. The molecule has 0 amide bonds. The van der Waals surface area contributed by atoms with E-state index >= 15 is 0 Å². The fraction of sp³-hybridized carbons (Fsp3) is 0.0769. The van der Waals surface area contributed by atoms with Gasteiger partial charge in [0.15, 0.2) is 0 Å². The number of aromatic nitrogens is 1. The van der Waals surface area contributed by atoms with Crippen molar-refractivity contribution in [2.45, 2.75) is 0 Å². The molecule has 0 spiro atoms. The number of nitrogens with zero attached hydrogens (tertiary/aromatic N) is 1. The molecule has 0 aliphatic carbocycles. The van der Waals surface area contributed by atoms with Crippen LogP contribution in [0.25, 0.3) is 0 Å². The summed E-state index contributed by atoms with van der Waals surface area (Å²) in [5, 5.41) is 3.88. The van der Waals surface area contributed by atoms with Gasteiger partial charge < -0.3 is 10.1 Å². The van der Waals surface area contributed by atoms with Gasteiger partial charge in [0.25, 0.3) is 0 Å². The minimum absolute atomic E-state index is 0.344. The molecule has 19 heavy (non-hydrogen) atoms. The summed E-state index contributed by atoms with van der Waals surface area (Å²) in [5.74, 6) is -0.0663. The molecule has 2 rings (SSSR count). The van der Waals surface area contributed by atoms with Crippen molar-refractivity contribution in [3.8, 4) is 0 Å². The van der Waals surface area contributed by atoms with E-state index in [0.29, 0.717) is 27.1 Å². The lowest BCUT2D eigenvalue weighted by molar-refractivity contribution is 0.0601. The number of carbonyl (C=O) groups excluding carboxylic acids is 1. The second kappa shape index (κ2) is 5.91. The molecule has 4 nitrogen and oxygen atoms in total. The van der Waals surface area contributed by atoms with Gasteiger partial charge in [0.05, 0.1) is 17.2 Å². The Morgan fingerprint density at radius 3 is 2.74 bits per heavy atom. The SMILES string of the molecule is COC(=O)c1cccnc1Nc1ccc(Cl)c(Cl)c1. The van der Waals surface area contributed by atoms with E-state index in [4.69, 9.17) is 27.9 Å². The van der Waals surface area contributed by atoms with Gasteiger partial charge in [0.2, 0.25) is 0 Å². The first kappa shape index (κ1) is 13.6. The number of pyridine rings is 1. The largest absolute Gasteiger partial charge is 0.465 e. The summed E-state index contributed by atoms with van der Waals surface area (Å²) in [6.07, 6.45) is 1.58. The summed E-state index contributed by atoms with van der Waals surface area (Å²) >= 11 is 11.8. The predicted molar refractivity (Wildman–Crippen MR) is 75.3 cm³/mol. The Kier molecular flexibility index (Phi) is 4.24. The average Bonchev–Trinajstić information content (AvgIpc) is 2.43. The van der Waals surface area contributed by atoms with Gasteiger partial charge in [-0.15, -0.1) is 0 Å². The highest BCUT2D eigenvalue weighted by molar-refractivity contribution is 6.42. The smallest absolute Gasteiger partial charge is 0.341 e. The van der Waals surface area contributed by atoms with Crippen molar-refractivity contribution in [1.29, 1.82) is 0 Å². The van der Waals surface area contributed by atoms with E-state index in [2.05, 4.69) is 10.3 Å². The maximum absolute atomic E-state index is 11.6. The second-order valence-corrected chi connectivity index (χ2v) is 4.46. The van der Waals surface area contributed by atoms with Crippen LogP contribution in [0.15, 0.2) is 36.5 Å². The molecule has 0 aliphatic heterocycles. The number of hydrogen-bond donors (Lipinski definition) is 1. The van der Waals surface area contributed by atoms with E-state index in [0.717, 1.165) is 0 Å². The topological polar surface area (TPSA) is 51.2 Å². The normalized spacial score (nSPS) is 10.1. The monoisotopic (exact) mass is 296 g/mol. The fourth-order valence-electron chi connectivity index (χ4n) is 1.49. The molecule has 0 unspecified atom stereocenters. The van der Waals surface area contributed by atoms with E-state index in [9.17, 15) is 4.79 Å². The third-order valence-corrected chi connectivity index (χ3v) is 3.13.